The molecule has 2 aromatic rings. The topological polar surface area (TPSA) is 58.2 Å². The number of amides is 2. The Labute approximate surface area is 181 Å². The maximum atomic E-state index is 11.7. The molecule has 0 radical (unpaired) electrons. The van der Waals surface area contributed by atoms with Gasteiger partial charge < -0.3 is 10.6 Å². The molecule has 0 saturated heterocycles. The van der Waals surface area contributed by atoms with Gasteiger partial charge in [-0.2, -0.15) is 0 Å². The molecule has 0 aliphatic carbocycles. The van der Waals surface area contributed by atoms with Gasteiger partial charge in [0.05, 0.1) is 0 Å². The Hall–Kier alpha value is -2.18. The molecule has 2 heterocycles. The number of hydrogen-bond donors (Lipinski definition) is 2. The summed E-state index contributed by atoms with van der Waals surface area (Å²) in [5.74, 6) is -0.0450. The number of nitrogens with one attached hydrogen (secondary N) is 2. The van der Waals surface area contributed by atoms with Crippen LogP contribution in [0.2, 0.25) is 0 Å². The van der Waals surface area contributed by atoms with Crippen LogP contribution in [0.1, 0.15) is 54.7 Å². The maximum absolute atomic E-state index is 11.7. The highest BCUT2D eigenvalue weighted by molar-refractivity contribution is 7.11. The smallest absolute Gasteiger partial charge is 0.244 e. The van der Waals surface area contributed by atoms with Gasteiger partial charge in [0.15, 0.2) is 0 Å². The lowest BCUT2D eigenvalue weighted by molar-refractivity contribution is -0.117. The summed E-state index contributed by atoms with van der Waals surface area (Å²) in [4.78, 5) is 25.6. The van der Waals surface area contributed by atoms with Crippen LogP contribution in [0.15, 0.2) is 47.2 Å². The molecular formula is C23H30N2O2S2. The predicted octanol–water partition coefficient (Wildman–Crippen LogP) is 5.50. The van der Waals surface area contributed by atoms with E-state index in [1.165, 1.54) is 19.3 Å². The quantitative estimate of drug-likeness (QED) is 0.307. The van der Waals surface area contributed by atoms with Gasteiger partial charge in [-0.05, 0) is 47.9 Å². The van der Waals surface area contributed by atoms with Gasteiger partial charge >= 0.3 is 0 Å². The van der Waals surface area contributed by atoms with E-state index in [4.69, 9.17) is 0 Å². The van der Waals surface area contributed by atoms with Crippen molar-refractivity contribution in [2.45, 2.75) is 44.9 Å². The standard InChI is InChI=1S/C23H30N2O2S2/c26-22(14-12-20-10-8-18-28-20)24-16-6-4-2-1-3-5-7-17-25-23(27)15-13-21-11-9-19-29-21/h8-15,18-19H,1-7,16-17H2,(H,24,26)(H,25,27)/b14-12-,15-13+. The number of unbranched alkanes of at least 4 members (excludes halogenated alkanes) is 6. The Morgan fingerprint density at radius 2 is 1.10 bits per heavy atom. The van der Waals surface area contributed by atoms with Gasteiger partial charge in [-0.15, -0.1) is 22.7 Å². The number of carbonyl (C=O) groups excluding carboxylic acids is 2. The van der Waals surface area contributed by atoms with Gasteiger partial charge in [0.2, 0.25) is 11.8 Å². The zero-order chi connectivity index (χ0) is 20.6. The van der Waals surface area contributed by atoms with Crippen LogP contribution in [0.4, 0.5) is 0 Å². The van der Waals surface area contributed by atoms with E-state index in [9.17, 15) is 9.59 Å². The molecule has 2 aromatic heterocycles. The van der Waals surface area contributed by atoms with Crippen molar-refractivity contribution in [3.05, 3.63) is 56.9 Å². The molecule has 0 spiro atoms. The first-order valence-corrected chi connectivity index (χ1v) is 12.0. The van der Waals surface area contributed by atoms with E-state index in [0.717, 1.165) is 48.5 Å². The molecule has 0 saturated carbocycles. The van der Waals surface area contributed by atoms with Crippen molar-refractivity contribution in [2.24, 2.45) is 0 Å². The number of rotatable bonds is 14. The lowest BCUT2D eigenvalue weighted by atomic mass is 10.1. The van der Waals surface area contributed by atoms with Crippen molar-refractivity contribution < 1.29 is 9.59 Å². The van der Waals surface area contributed by atoms with Crippen LogP contribution in [-0.4, -0.2) is 24.9 Å². The number of hydrogen-bond acceptors (Lipinski definition) is 4. The van der Waals surface area contributed by atoms with E-state index in [1.54, 1.807) is 34.8 Å². The van der Waals surface area contributed by atoms with Crippen molar-refractivity contribution in [1.29, 1.82) is 0 Å². The summed E-state index contributed by atoms with van der Waals surface area (Å²) < 4.78 is 0. The molecule has 156 valence electrons. The summed E-state index contributed by atoms with van der Waals surface area (Å²) >= 11 is 3.24. The largest absolute Gasteiger partial charge is 0.353 e. The fraction of sp³-hybridized carbons (Fsp3) is 0.391. The number of carbonyl (C=O) groups is 2. The highest BCUT2D eigenvalue weighted by Gasteiger charge is 1.98. The second-order valence-electron chi connectivity index (χ2n) is 6.75. The maximum Gasteiger partial charge on any atom is 0.244 e. The number of thiophene rings is 2. The third-order valence-corrected chi connectivity index (χ3v) is 6.01. The zero-order valence-corrected chi connectivity index (χ0v) is 18.4. The van der Waals surface area contributed by atoms with Crippen molar-refractivity contribution in [3.63, 3.8) is 0 Å². The summed E-state index contributed by atoms with van der Waals surface area (Å²) in [7, 11) is 0. The summed E-state index contributed by atoms with van der Waals surface area (Å²) in [6, 6.07) is 7.93. The van der Waals surface area contributed by atoms with Gasteiger partial charge in [-0.3, -0.25) is 9.59 Å². The van der Waals surface area contributed by atoms with Crippen LogP contribution in [0.3, 0.4) is 0 Å². The Kier molecular flexibility index (Phi) is 11.8. The molecule has 0 unspecified atom stereocenters. The lowest BCUT2D eigenvalue weighted by Crippen LogP contribution is -2.22. The van der Waals surface area contributed by atoms with E-state index >= 15 is 0 Å². The first-order valence-electron chi connectivity index (χ1n) is 10.2. The molecule has 2 rings (SSSR count). The highest BCUT2D eigenvalue weighted by Crippen LogP contribution is 2.11. The van der Waals surface area contributed by atoms with Crippen LogP contribution in [0.25, 0.3) is 12.2 Å². The van der Waals surface area contributed by atoms with Gasteiger partial charge in [-0.1, -0.05) is 44.2 Å². The molecule has 29 heavy (non-hydrogen) atoms. The van der Waals surface area contributed by atoms with E-state index in [1.807, 2.05) is 47.2 Å². The average Bonchev–Trinajstić information content (AvgIpc) is 3.43. The van der Waals surface area contributed by atoms with Crippen LogP contribution < -0.4 is 10.6 Å². The minimum atomic E-state index is -0.0225. The van der Waals surface area contributed by atoms with Gasteiger partial charge in [-0.25, -0.2) is 0 Å². The van der Waals surface area contributed by atoms with Crippen molar-refractivity contribution in [1.82, 2.24) is 10.6 Å². The molecule has 0 atom stereocenters. The molecule has 0 fully saturated rings. The third kappa shape index (κ3) is 11.4. The predicted molar refractivity (Wildman–Crippen MR) is 125 cm³/mol. The van der Waals surface area contributed by atoms with Gasteiger partial charge in [0.1, 0.15) is 0 Å². The molecule has 0 aromatic carbocycles. The first kappa shape index (κ1) is 23.1. The average molecular weight is 431 g/mol. The zero-order valence-electron chi connectivity index (χ0n) is 16.8. The molecule has 0 aliphatic heterocycles. The van der Waals surface area contributed by atoms with E-state index in [0.29, 0.717) is 0 Å². The highest BCUT2D eigenvalue weighted by atomic mass is 32.1. The van der Waals surface area contributed by atoms with E-state index in [-0.39, 0.29) is 11.8 Å². The van der Waals surface area contributed by atoms with Crippen LogP contribution in [0, 0.1) is 0 Å². The SMILES string of the molecule is O=C(/C=C\c1cccs1)NCCCCCCCCCNC(=O)/C=C/c1cccs1. The molecule has 0 aliphatic rings. The summed E-state index contributed by atoms with van der Waals surface area (Å²) in [6.45, 7) is 1.47. The summed E-state index contributed by atoms with van der Waals surface area (Å²) in [5, 5.41) is 9.85. The Morgan fingerprint density at radius 1 is 0.690 bits per heavy atom. The molecular weight excluding hydrogens is 400 g/mol. The van der Waals surface area contributed by atoms with Gasteiger partial charge in [0, 0.05) is 35.0 Å². The van der Waals surface area contributed by atoms with Crippen LogP contribution in [-0.2, 0) is 9.59 Å². The van der Waals surface area contributed by atoms with E-state index in [2.05, 4.69) is 10.6 Å². The molecule has 4 nitrogen and oxygen atoms in total. The molecule has 2 N–H and O–H groups in total. The fourth-order valence-electron chi connectivity index (χ4n) is 2.76. The summed E-state index contributed by atoms with van der Waals surface area (Å²) in [6.07, 6.45) is 14.8. The molecule has 6 heteroatoms. The van der Waals surface area contributed by atoms with Crippen LogP contribution in [0.5, 0.6) is 0 Å². The molecule has 0 bridgehead atoms. The minimum absolute atomic E-state index is 0.0225. The second kappa shape index (κ2) is 14.8. The van der Waals surface area contributed by atoms with Crippen molar-refractivity contribution >= 4 is 46.6 Å². The summed E-state index contributed by atoms with van der Waals surface area (Å²) in [5.41, 5.74) is 0. The van der Waals surface area contributed by atoms with E-state index < -0.39 is 0 Å². The van der Waals surface area contributed by atoms with Crippen molar-refractivity contribution in [3.8, 4) is 0 Å². The Bertz CT molecular complexity index is 686. The lowest BCUT2D eigenvalue weighted by Gasteiger charge is -2.04. The third-order valence-electron chi connectivity index (χ3n) is 4.34. The normalized spacial score (nSPS) is 11.3. The second-order valence-corrected chi connectivity index (χ2v) is 8.71. The fourth-order valence-corrected chi connectivity index (χ4v) is 4.00. The minimum Gasteiger partial charge on any atom is -0.353 e. The van der Waals surface area contributed by atoms with Crippen LogP contribution >= 0.6 is 22.7 Å². The monoisotopic (exact) mass is 430 g/mol. The Balaban J connectivity index is 1.35. The van der Waals surface area contributed by atoms with Gasteiger partial charge in [0.25, 0.3) is 0 Å². The molecule has 2 amide bonds. The van der Waals surface area contributed by atoms with Crippen molar-refractivity contribution in [2.75, 3.05) is 13.1 Å². The Morgan fingerprint density at radius 3 is 1.48 bits per heavy atom. The first-order chi connectivity index (χ1) is 14.2.